The predicted molar refractivity (Wildman–Crippen MR) is 85.2 cm³/mol. The Kier molecular flexibility index (Phi) is 4.26. The van der Waals surface area contributed by atoms with Crippen LogP contribution in [-0.2, 0) is 11.1 Å². The molecule has 0 aliphatic carbocycles. The first-order valence-electron chi connectivity index (χ1n) is 7.27. The fraction of sp³-hybridized carbons (Fsp3) is 0.333. The lowest BCUT2D eigenvalue weighted by atomic mass is 9.66. The third-order valence-corrected chi connectivity index (χ3v) is 4.49. The van der Waals surface area contributed by atoms with E-state index in [2.05, 4.69) is 38.1 Å². The zero-order valence-electron chi connectivity index (χ0n) is 12.3. The Morgan fingerprint density at radius 1 is 0.650 bits per heavy atom. The molecule has 2 nitrogen and oxygen atoms in total. The Labute approximate surface area is 121 Å². The Morgan fingerprint density at radius 2 is 0.950 bits per heavy atom. The fourth-order valence-electron chi connectivity index (χ4n) is 3.03. The lowest BCUT2D eigenvalue weighted by Gasteiger charge is -2.46. The van der Waals surface area contributed by atoms with E-state index >= 15 is 0 Å². The van der Waals surface area contributed by atoms with Gasteiger partial charge in [-0.15, -0.1) is 0 Å². The second-order valence-electron chi connectivity index (χ2n) is 5.38. The van der Waals surface area contributed by atoms with E-state index < -0.39 is 11.1 Å². The summed E-state index contributed by atoms with van der Waals surface area (Å²) in [5.74, 6) is 0. The average Bonchev–Trinajstić information content (AvgIpc) is 2.54. The zero-order chi connectivity index (χ0) is 14.6. The summed E-state index contributed by atoms with van der Waals surface area (Å²) in [5, 5.41) is 0. The largest absolute Gasteiger partial charge is 0.320 e. The van der Waals surface area contributed by atoms with Crippen LogP contribution in [0.1, 0.15) is 37.8 Å². The Bertz CT molecular complexity index is 486. The number of hydrogen-bond donors (Lipinski definition) is 2. The van der Waals surface area contributed by atoms with Gasteiger partial charge < -0.3 is 11.5 Å². The van der Waals surface area contributed by atoms with E-state index in [-0.39, 0.29) is 0 Å². The zero-order valence-corrected chi connectivity index (χ0v) is 12.3. The van der Waals surface area contributed by atoms with Gasteiger partial charge in [-0.25, -0.2) is 0 Å². The van der Waals surface area contributed by atoms with Gasteiger partial charge in [-0.2, -0.15) is 0 Å². The van der Waals surface area contributed by atoms with Crippen molar-refractivity contribution < 1.29 is 0 Å². The normalized spacial score (nSPS) is 17.2. The minimum atomic E-state index is -0.579. The molecule has 0 fully saturated rings. The molecule has 2 unspecified atom stereocenters. The third kappa shape index (κ3) is 2.26. The van der Waals surface area contributed by atoms with Crippen LogP contribution in [0.3, 0.4) is 0 Å². The van der Waals surface area contributed by atoms with Crippen molar-refractivity contribution in [1.82, 2.24) is 0 Å². The fourth-order valence-corrected chi connectivity index (χ4v) is 3.03. The van der Waals surface area contributed by atoms with Gasteiger partial charge in [0.1, 0.15) is 0 Å². The van der Waals surface area contributed by atoms with Gasteiger partial charge in [0, 0.05) is 0 Å². The number of benzene rings is 2. The summed E-state index contributed by atoms with van der Waals surface area (Å²) in [6, 6.07) is 20.4. The van der Waals surface area contributed by atoms with Crippen LogP contribution in [0.25, 0.3) is 0 Å². The standard InChI is InChI=1S/C18H24N2/c1-3-17(19,15-11-7-5-8-12-15)18(20,4-2)16-13-9-6-10-14-16/h5-14H,3-4,19-20H2,1-2H3. The second kappa shape index (κ2) is 5.78. The van der Waals surface area contributed by atoms with Crippen molar-refractivity contribution in [2.75, 3.05) is 0 Å². The highest BCUT2D eigenvalue weighted by molar-refractivity contribution is 5.36. The summed E-state index contributed by atoms with van der Waals surface area (Å²) in [6.45, 7) is 4.21. The minimum absolute atomic E-state index is 0.579. The summed E-state index contributed by atoms with van der Waals surface area (Å²) in [5.41, 5.74) is 14.7. The summed E-state index contributed by atoms with van der Waals surface area (Å²) >= 11 is 0. The van der Waals surface area contributed by atoms with Gasteiger partial charge in [-0.1, -0.05) is 74.5 Å². The Balaban J connectivity index is 2.58. The quantitative estimate of drug-likeness (QED) is 0.871. The topological polar surface area (TPSA) is 52.0 Å². The third-order valence-electron chi connectivity index (χ3n) is 4.49. The average molecular weight is 268 g/mol. The van der Waals surface area contributed by atoms with E-state index in [0.29, 0.717) is 0 Å². The van der Waals surface area contributed by atoms with E-state index in [9.17, 15) is 0 Å². The van der Waals surface area contributed by atoms with Crippen LogP contribution in [-0.4, -0.2) is 0 Å². The van der Waals surface area contributed by atoms with Crippen LogP contribution < -0.4 is 11.5 Å². The van der Waals surface area contributed by atoms with Gasteiger partial charge in [0.05, 0.1) is 11.1 Å². The summed E-state index contributed by atoms with van der Waals surface area (Å²) in [7, 11) is 0. The lowest BCUT2D eigenvalue weighted by molar-refractivity contribution is 0.204. The van der Waals surface area contributed by atoms with E-state index in [0.717, 1.165) is 24.0 Å². The molecule has 0 amide bonds. The van der Waals surface area contributed by atoms with Crippen LogP contribution in [0.5, 0.6) is 0 Å². The van der Waals surface area contributed by atoms with Gasteiger partial charge in [0.2, 0.25) is 0 Å². The monoisotopic (exact) mass is 268 g/mol. The van der Waals surface area contributed by atoms with Gasteiger partial charge in [-0.3, -0.25) is 0 Å². The maximum Gasteiger partial charge on any atom is 0.0631 e. The van der Waals surface area contributed by atoms with Crippen molar-refractivity contribution in [2.24, 2.45) is 11.5 Å². The highest BCUT2D eigenvalue weighted by Gasteiger charge is 2.45. The van der Waals surface area contributed by atoms with Gasteiger partial charge in [0.15, 0.2) is 0 Å². The van der Waals surface area contributed by atoms with Crippen LogP contribution in [0.15, 0.2) is 60.7 Å². The van der Waals surface area contributed by atoms with Crippen molar-refractivity contribution >= 4 is 0 Å². The van der Waals surface area contributed by atoms with Crippen molar-refractivity contribution in [1.29, 1.82) is 0 Å². The number of nitrogens with two attached hydrogens (primary N) is 2. The smallest absolute Gasteiger partial charge is 0.0631 e. The molecule has 0 bridgehead atoms. The molecule has 2 aromatic carbocycles. The molecule has 2 atom stereocenters. The number of rotatable bonds is 5. The van der Waals surface area contributed by atoms with Crippen molar-refractivity contribution in [3.63, 3.8) is 0 Å². The van der Waals surface area contributed by atoms with E-state index in [4.69, 9.17) is 11.5 Å². The second-order valence-corrected chi connectivity index (χ2v) is 5.38. The SMILES string of the molecule is CCC(N)(c1ccccc1)C(N)(CC)c1ccccc1. The van der Waals surface area contributed by atoms with Crippen molar-refractivity contribution in [3.05, 3.63) is 71.8 Å². The first-order valence-corrected chi connectivity index (χ1v) is 7.27. The molecule has 0 saturated heterocycles. The van der Waals surface area contributed by atoms with Gasteiger partial charge >= 0.3 is 0 Å². The molecular formula is C18H24N2. The molecule has 2 rings (SSSR count). The molecule has 0 aromatic heterocycles. The number of hydrogen-bond acceptors (Lipinski definition) is 2. The van der Waals surface area contributed by atoms with Crippen LogP contribution in [0, 0.1) is 0 Å². The maximum absolute atomic E-state index is 6.81. The highest BCUT2D eigenvalue weighted by Crippen LogP contribution is 2.41. The molecule has 106 valence electrons. The van der Waals surface area contributed by atoms with E-state index in [1.807, 2.05) is 36.4 Å². The van der Waals surface area contributed by atoms with Gasteiger partial charge in [0.25, 0.3) is 0 Å². The summed E-state index contributed by atoms with van der Waals surface area (Å²) in [6.07, 6.45) is 1.58. The van der Waals surface area contributed by atoms with E-state index in [1.54, 1.807) is 0 Å². The van der Waals surface area contributed by atoms with Crippen LogP contribution in [0.2, 0.25) is 0 Å². The molecule has 4 N–H and O–H groups in total. The maximum atomic E-state index is 6.81. The molecule has 2 aromatic rings. The predicted octanol–water partition coefficient (Wildman–Crippen LogP) is 3.51. The van der Waals surface area contributed by atoms with Gasteiger partial charge in [-0.05, 0) is 24.0 Å². The molecule has 0 heterocycles. The summed E-state index contributed by atoms with van der Waals surface area (Å²) in [4.78, 5) is 0. The highest BCUT2D eigenvalue weighted by atomic mass is 14.9. The minimum Gasteiger partial charge on any atom is -0.320 e. The molecule has 0 aliphatic rings. The van der Waals surface area contributed by atoms with Crippen LogP contribution in [0.4, 0.5) is 0 Å². The lowest BCUT2D eigenvalue weighted by Crippen LogP contribution is -2.60. The molecule has 20 heavy (non-hydrogen) atoms. The van der Waals surface area contributed by atoms with E-state index in [1.165, 1.54) is 0 Å². The summed E-state index contributed by atoms with van der Waals surface area (Å²) < 4.78 is 0. The first-order chi connectivity index (χ1) is 9.58. The molecular weight excluding hydrogens is 244 g/mol. The van der Waals surface area contributed by atoms with Crippen LogP contribution >= 0.6 is 0 Å². The molecule has 0 radical (unpaired) electrons. The molecule has 2 heteroatoms. The van der Waals surface area contributed by atoms with Crippen molar-refractivity contribution in [3.8, 4) is 0 Å². The molecule has 0 spiro atoms. The molecule has 0 saturated carbocycles. The molecule has 0 aliphatic heterocycles. The van der Waals surface area contributed by atoms with Crippen molar-refractivity contribution in [2.45, 2.75) is 37.8 Å². The first kappa shape index (κ1) is 14.8. The Morgan fingerprint density at radius 3 is 1.20 bits per heavy atom. The Hall–Kier alpha value is -1.64.